The lowest BCUT2D eigenvalue weighted by Crippen LogP contribution is -2.64. The maximum Gasteiger partial charge on any atom is 0.331 e. The third kappa shape index (κ3) is 9.50. The number of phenolic OH excluding ortho intramolecular Hbond substituents is 3. The lowest BCUT2D eigenvalue weighted by molar-refractivity contribution is -0.354. The van der Waals surface area contributed by atoms with Gasteiger partial charge >= 0.3 is 5.97 Å². The van der Waals surface area contributed by atoms with Gasteiger partial charge in [0, 0.05) is 23.8 Å². The fraction of sp³-hybridized carbons (Fsp3) is 0.429. The van der Waals surface area contributed by atoms with E-state index in [0.717, 1.165) is 18.2 Å². The van der Waals surface area contributed by atoms with Crippen LogP contribution in [-0.4, -0.2) is 173 Å². The number of esters is 1. The first-order chi connectivity index (χ1) is 30.5. The number of carbonyl (C=O) groups excluding carboxylic acids is 1. The molecule has 0 aliphatic carbocycles. The normalized spacial score (nSPS) is 33.2. The third-order valence-electron chi connectivity index (χ3n) is 10.8. The molecule has 3 aromatic carbocycles. The predicted molar refractivity (Wildman–Crippen MR) is 212 cm³/mol. The maximum absolute atomic E-state index is 14.5. The minimum absolute atomic E-state index is 0.0143. The molecular formula is C42H46O22. The Morgan fingerprint density at radius 3 is 1.86 bits per heavy atom. The molecule has 1 aromatic heterocycles. The topological polar surface area (TPSA) is 355 Å². The van der Waals surface area contributed by atoms with Gasteiger partial charge in [-0.3, -0.25) is 4.79 Å². The Bertz CT molecular complexity index is 2340. The van der Waals surface area contributed by atoms with Crippen molar-refractivity contribution in [1.82, 2.24) is 0 Å². The van der Waals surface area contributed by atoms with Crippen molar-refractivity contribution >= 4 is 23.0 Å². The van der Waals surface area contributed by atoms with Gasteiger partial charge in [-0.15, -0.1) is 0 Å². The summed E-state index contributed by atoms with van der Waals surface area (Å²) in [6.45, 7) is -0.344. The molecule has 22 nitrogen and oxygen atoms in total. The summed E-state index contributed by atoms with van der Waals surface area (Å²) in [5, 5.41) is 125. The smallest absolute Gasteiger partial charge is 0.331 e. The molecule has 7 rings (SSSR count). The summed E-state index contributed by atoms with van der Waals surface area (Å²) < 4.78 is 46.1. The Kier molecular flexibility index (Phi) is 14.1. The van der Waals surface area contributed by atoms with Crippen LogP contribution in [0.15, 0.2) is 76.0 Å². The van der Waals surface area contributed by atoms with Gasteiger partial charge in [-0.1, -0.05) is 12.1 Å². The SMILES string of the molecule is C[C@@H]1O[C@@H](O[C@H]2[C@H](Oc3c(-c4ccc(O)cc4)oc4cc(O[C@@H]5O[C@H](CO)[C@@H](O)[C@H](O)[C@H]5OC(=O)/C=C/c5ccc(O)cc5)cc(O)c4c3=O)O[C@H](CO)[C@@H](O)[C@@H]2O)[C@H](O)[C@H](O)[C@H]1O. The van der Waals surface area contributed by atoms with Crippen molar-refractivity contribution in [2.75, 3.05) is 13.2 Å². The zero-order chi connectivity index (χ0) is 46.1. The van der Waals surface area contributed by atoms with Crippen LogP contribution in [0.25, 0.3) is 28.4 Å². The van der Waals surface area contributed by atoms with E-state index >= 15 is 0 Å². The summed E-state index contributed by atoms with van der Waals surface area (Å²) in [6.07, 6.45) is -23.6. The number of carbonyl (C=O) groups is 1. The van der Waals surface area contributed by atoms with Gasteiger partial charge in [0.2, 0.25) is 23.8 Å². The number of hydrogen-bond acceptors (Lipinski definition) is 22. The molecule has 0 radical (unpaired) electrons. The number of rotatable bonds is 12. The molecule has 15 atom stereocenters. The van der Waals surface area contributed by atoms with E-state index in [1.165, 1.54) is 61.5 Å². The molecule has 64 heavy (non-hydrogen) atoms. The molecule has 3 saturated heterocycles. The summed E-state index contributed by atoms with van der Waals surface area (Å²) >= 11 is 0. The van der Waals surface area contributed by atoms with Crippen LogP contribution < -0.4 is 14.9 Å². The maximum atomic E-state index is 14.5. The Morgan fingerprint density at radius 1 is 0.672 bits per heavy atom. The van der Waals surface area contributed by atoms with Crippen LogP contribution in [0.1, 0.15) is 12.5 Å². The Morgan fingerprint density at radius 2 is 1.25 bits per heavy atom. The second-order valence-corrected chi connectivity index (χ2v) is 15.2. The number of aromatic hydroxyl groups is 3. The number of ether oxygens (including phenoxy) is 7. The number of aliphatic hydroxyl groups excluding tert-OH is 9. The van der Waals surface area contributed by atoms with Gasteiger partial charge in [0.25, 0.3) is 0 Å². The van der Waals surface area contributed by atoms with Crippen molar-refractivity contribution in [3.63, 3.8) is 0 Å². The molecular weight excluding hydrogens is 856 g/mol. The summed E-state index contributed by atoms with van der Waals surface area (Å²) in [7, 11) is 0. The van der Waals surface area contributed by atoms with E-state index in [-0.39, 0.29) is 22.8 Å². The van der Waals surface area contributed by atoms with E-state index in [1.807, 2.05) is 0 Å². The Labute approximate surface area is 361 Å². The molecule has 0 saturated carbocycles. The summed E-state index contributed by atoms with van der Waals surface area (Å²) in [6, 6.07) is 12.8. The molecule has 12 N–H and O–H groups in total. The minimum atomic E-state index is -1.98. The van der Waals surface area contributed by atoms with E-state index < -0.39 is 145 Å². The predicted octanol–water partition coefficient (Wildman–Crippen LogP) is -1.95. The molecule has 4 heterocycles. The van der Waals surface area contributed by atoms with Crippen molar-refractivity contribution in [2.24, 2.45) is 0 Å². The second-order valence-electron chi connectivity index (χ2n) is 15.2. The highest BCUT2D eigenvalue weighted by molar-refractivity contribution is 5.89. The van der Waals surface area contributed by atoms with Crippen LogP contribution in [0, 0.1) is 0 Å². The third-order valence-corrected chi connectivity index (χ3v) is 10.8. The highest BCUT2D eigenvalue weighted by Gasteiger charge is 2.52. The van der Waals surface area contributed by atoms with Crippen LogP contribution in [-0.2, 0) is 28.5 Å². The van der Waals surface area contributed by atoms with E-state index in [0.29, 0.717) is 5.56 Å². The molecule has 0 spiro atoms. The average Bonchev–Trinajstić information content (AvgIpc) is 3.27. The van der Waals surface area contributed by atoms with Gasteiger partial charge in [0.05, 0.1) is 19.3 Å². The van der Waals surface area contributed by atoms with Gasteiger partial charge in [-0.2, -0.15) is 0 Å². The van der Waals surface area contributed by atoms with Gasteiger partial charge in [-0.05, 0) is 55.0 Å². The van der Waals surface area contributed by atoms with Gasteiger partial charge < -0.3 is 98.9 Å². The number of fused-ring (bicyclic) bond motifs is 1. The van der Waals surface area contributed by atoms with E-state index in [4.69, 9.17) is 37.6 Å². The summed E-state index contributed by atoms with van der Waals surface area (Å²) in [5.74, 6) is -3.51. The largest absolute Gasteiger partial charge is 0.508 e. The van der Waals surface area contributed by atoms with Gasteiger partial charge in [-0.25, -0.2) is 4.79 Å². The fourth-order valence-corrected chi connectivity index (χ4v) is 7.26. The van der Waals surface area contributed by atoms with Crippen molar-refractivity contribution in [1.29, 1.82) is 0 Å². The number of phenols is 3. The average molecular weight is 903 g/mol. The molecule has 3 aliphatic rings. The summed E-state index contributed by atoms with van der Waals surface area (Å²) in [5.41, 5.74) is -0.934. The van der Waals surface area contributed by atoms with Crippen LogP contribution in [0.2, 0.25) is 0 Å². The van der Waals surface area contributed by atoms with E-state index in [9.17, 15) is 70.9 Å². The molecule has 3 aliphatic heterocycles. The lowest BCUT2D eigenvalue weighted by atomic mass is 9.97. The first-order valence-electron chi connectivity index (χ1n) is 19.7. The molecule has 4 aromatic rings. The van der Waals surface area contributed by atoms with Crippen molar-refractivity contribution in [2.45, 2.75) is 99.0 Å². The monoisotopic (exact) mass is 902 g/mol. The minimum Gasteiger partial charge on any atom is -0.508 e. The standard InChI is InChI=1S/C42H46O22/c1-16-28(49)32(53)35(56)40(57-16)64-39-34(55)30(51)25(15-44)61-42(39)63-37-31(52)27-22(47)12-21(13-23(27)59-36(37)18-5-9-20(46)10-6-18)58-41-38(33(54)29(50)24(14-43)60-41)62-26(48)11-4-17-2-7-19(45)8-3-17/h2-13,16,24-25,28-30,32-35,38-47,49-51,53-56H,14-15H2,1H3/b11-4+/t16-,24+,25+,28-,29+,30+,32+,33-,34-,35+,38+,39+,40-,41+,42-/m0/s1. The van der Waals surface area contributed by atoms with Gasteiger partial charge in [0.1, 0.15) is 88.9 Å². The van der Waals surface area contributed by atoms with E-state index in [1.54, 1.807) is 0 Å². The molecule has 0 unspecified atom stereocenters. The quantitative estimate of drug-likeness (QED) is 0.0543. The van der Waals surface area contributed by atoms with Crippen molar-refractivity contribution in [3.05, 3.63) is 82.5 Å². The lowest BCUT2D eigenvalue weighted by Gasteiger charge is -2.45. The Hall–Kier alpha value is -5.44. The molecule has 0 bridgehead atoms. The Balaban J connectivity index is 1.24. The van der Waals surface area contributed by atoms with Crippen molar-refractivity contribution in [3.8, 4) is 40.1 Å². The highest BCUT2D eigenvalue weighted by Crippen LogP contribution is 2.39. The first-order valence-corrected chi connectivity index (χ1v) is 19.7. The van der Waals surface area contributed by atoms with Gasteiger partial charge in [0.15, 0.2) is 24.3 Å². The number of hydrogen-bond donors (Lipinski definition) is 12. The van der Waals surface area contributed by atoms with Crippen LogP contribution in [0.5, 0.6) is 28.7 Å². The van der Waals surface area contributed by atoms with E-state index in [2.05, 4.69) is 0 Å². The fourth-order valence-electron chi connectivity index (χ4n) is 7.26. The molecule has 3 fully saturated rings. The highest BCUT2D eigenvalue weighted by atomic mass is 16.8. The molecule has 0 amide bonds. The van der Waals surface area contributed by atoms with Crippen LogP contribution in [0.4, 0.5) is 0 Å². The summed E-state index contributed by atoms with van der Waals surface area (Å²) in [4.78, 5) is 27.4. The second kappa shape index (κ2) is 19.3. The van der Waals surface area contributed by atoms with Crippen LogP contribution in [0.3, 0.4) is 0 Å². The zero-order valence-corrected chi connectivity index (χ0v) is 33.5. The van der Waals surface area contributed by atoms with Crippen molar-refractivity contribution < 1.29 is 104 Å². The molecule has 22 heteroatoms. The molecule has 346 valence electrons. The number of benzene rings is 3. The van der Waals surface area contributed by atoms with Crippen LogP contribution >= 0.6 is 0 Å². The zero-order valence-electron chi connectivity index (χ0n) is 33.5. The number of aliphatic hydroxyl groups is 9. The first kappa shape index (κ1) is 46.5.